The van der Waals surface area contributed by atoms with Crippen LogP contribution < -0.4 is 5.32 Å². The first kappa shape index (κ1) is 32.1. The van der Waals surface area contributed by atoms with Crippen LogP contribution in [0.2, 0.25) is 0 Å². The molecule has 7 atom stereocenters. The summed E-state index contributed by atoms with van der Waals surface area (Å²) in [6.07, 6.45) is 2.16. The van der Waals surface area contributed by atoms with E-state index in [1.165, 1.54) is 11.8 Å². The number of allylic oxidation sites excluding steroid dienone is 4. The molecule has 1 amide bonds. The average Bonchev–Trinajstić information content (AvgIpc) is 3.42. The Hall–Kier alpha value is -1.42. The fourth-order valence-corrected chi connectivity index (χ4v) is 7.08. The molecule has 3 aliphatic carbocycles. The molecule has 0 radical (unpaired) electrons. The highest BCUT2D eigenvalue weighted by Crippen LogP contribution is 2.66. The fraction of sp³-hybridized carbons (Fsp3) is 0.750. The Kier molecular flexibility index (Phi) is 9.14. The van der Waals surface area contributed by atoms with Crippen molar-refractivity contribution in [1.29, 1.82) is 0 Å². The number of ether oxygens (including phenoxy) is 3. The van der Waals surface area contributed by atoms with Crippen LogP contribution in [0.4, 0.5) is 4.79 Å². The number of carbonyl (C=O) groups is 3. The Morgan fingerprint density at radius 1 is 1.00 bits per heavy atom. The minimum atomic E-state index is -1.72. The number of hydrogen-bond donors (Lipinski definition) is 2. The van der Waals surface area contributed by atoms with E-state index in [-0.39, 0.29) is 11.1 Å². The summed E-state index contributed by atoms with van der Waals surface area (Å²) in [5, 5.41) is 14.5. The predicted octanol–water partition coefficient (Wildman–Crippen LogP) is 5.54. The Morgan fingerprint density at radius 3 is 2.08 bits per heavy atom. The lowest BCUT2D eigenvalue weighted by molar-refractivity contribution is -0.169. The number of halogens is 2. The molecule has 0 spiro atoms. The van der Waals surface area contributed by atoms with Crippen LogP contribution in [0.15, 0.2) is 22.1 Å². The summed E-state index contributed by atoms with van der Waals surface area (Å²) in [5.41, 5.74) is -4.23. The van der Waals surface area contributed by atoms with E-state index in [0.717, 1.165) is 4.91 Å². The van der Waals surface area contributed by atoms with E-state index in [0.29, 0.717) is 11.5 Å². The Bertz CT molecular complexity index is 1060. The van der Waals surface area contributed by atoms with E-state index < -0.39 is 70.1 Å². The smallest absolute Gasteiger partial charge is 0.408 e. The molecule has 0 aliphatic heterocycles. The van der Waals surface area contributed by atoms with E-state index in [9.17, 15) is 19.5 Å². The summed E-state index contributed by atoms with van der Waals surface area (Å²) in [7, 11) is 0. The van der Waals surface area contributed by atoms with Gasteiger partial charge in [-0.2, -0.15) is 0 Å². The lowest BCUT2D eigenvalue weighted by Gasteiger charge is -2.40. The van der Waals surface area contributed by atoms with Crippen LogP contribution in [0.3, 0.4) is 0 Å². The lowest BCUT2D eigenvalue weighted by atomic mass is 9.80. The van der Waals surface area contributed by atoms with Gasteiger partial charge in [-0.25, -0.2) is 9.59 Å². The van der Waals surface area contributed by atoms with Gasteiger partial charge in [0.25, 0.3) is 0 Å². The van der Waals surface area contributed by atoms with Crippen molar-refractivity contribution in [2.75, 3.05) is 5.75 Å². The first-order chi connectivity index (χ1) is 17.7. The molecule has 8 nitrogen and oxygen atoms in total. The molecular weight excluding hydrogens is 565 g/mol. The zero-order valence-electron chi connectivity index (χ0n) is 24.1. The number of esters is 2. The van der Waals surface area contributed by atoms with Crippen molar-refractivity contribution in [3.05, 3.63) is 22.1 Å². The molecule has 2 unspecified atom stereocenters. The van der Waals surface area contributed by atoms with Crippen molar-refractivity contribution < 1.29 is 33.7 Å². The van der Waals surface area contributed by atoms with E-state index >= 15 is 0 Å². The zero-order valence-corrected chi connectivity index (χ0v) is 26.4. The van der Waals surface area contributed by atoms with Gasteiger partial charge < -0.3 is 24.6 Å². The minimum absolute atomic E-state index is 0.255. The molecule has 3 aliphatic rings. The number of hydrogen-bond acceptors (Lipinski definition) is 8. The Balaban J connectivity index is 2.03. The van der Waals surface area contributed by atoms with E-state index in [1.807, 2.05) is 6.08 Å². The van der Waals surface area contributed by atoms with Crippen LogP contribution in [0.25, 0.3) is 0 Å². The monoisotopic (exact) mass is 605 g/mol. The summed E-state index contributed by atoms with van der Waals surface area (Å²) in [6.45, 7) is 15.6. The maximum Gasteiger partial charge on any atom is 0.408 e. The van der Waals surface area contributed by atoms with Gasteiger partial charge in [0.05, 0.1) is 17.4 Å². The standard InChI is InChI=1S/C28H41Cl2NO7S/c1-25(2,3)36-22(33)19-18-20(19)28(23(34)37-26(4,5)6,31-24(35)38-27(7,8)9)15(21(18)32)13-39-14-10-11-16(29)17(30)12-14/h10-11,15,17-21,32H,12-13H2,1-9H3,(H,31,35)/t15?,17?,18-,19-,20-,21+,28-/m0/s1. The Morgan fingerprint density at radius 2 is 1.56 bits per heavy atom. The number of aliphatic hydroxyl groups excluding tert-OH is 1. The molecule has 39 heavy (non-hydrogen) atoms. The summed E-state index contributed by atoms with van der Waals surface area (Å²) >= 11 is 13.9. The molecule has 220 valence electrons. The number of alkyl halides is 1. The lowest BCUT2D eigenvalue weighted by Crippen LogP contribution is -2.64. The number of thioether (sulfide) groups is 1. The van der Waals surface area contributed by atoms with Gasteiger partial charge in [0.1, 0.15) is 16.8 Å². The number of aliphatic hydroxyl groups is 1. The number of rotatable bonds is 6. The Labute approximate surface area is 245 Å². The van der Waals surface area contributed by atoms with Gasteiger partial charge in [0.2, 0.25) is 0 Å². The summed E-state index contributed by atoms with van der Waals surface area (Å²) in [5.74, 6) is -3.89. The van der Waals surface area contributed by atoms with Crippen LogP contribution in [0.5, 0.6) is 0 Å². The van der Waals surface area contributed by atoms with Crippen LogP contribution >= 0.6 is 35.0 Å². The molecular formula is C28H41Cl2NO7S. The number of nitrogens with one attached hydrogen (secondary N) is 1. The minimum Gasteiger partial charge on any atom is -0.460 e. The molecule has 0 aromatic heterocycles. The largest absolute Gasteiger partial charge is 0.460 e. The van der Waals surface area contributed by atoms with Gasteiger partial charge in [-0.05, 0) is 79.7 Å². The van der Waals surface area contributed by atoms with Gasteiger partial charge in [0.15, 0.2) is 5.54 Å². The summed E-state index contributed by atoms with van der Waals surface area (Å²) in [4.78, 5) is 41.4. The molecule has 3 rings (SSSR count). The van der Waals surface area contributed by atoms with Gasteiger partial charge in [-0.3, -0.25) is 4.79 Å². The number of carbonyl (C=O) groups excluding carboxylic acids is 3. The molecule has 0 bridgehead atoms. The highest BCUT2D eigenvalue weighted by molar-refractivity contribution is 8.03. The quantitative estimate of drug-likeness (QED) is 0.231. The first-order valence-corrected chi connectivity index (χ1v) is 14.9. The van der Waals surface area contributed by atoms with Crippen LogP contribution in [0, 0.1) is 23.7 Å². The zero-order chi connectivity index (χ0) is 29.7. The van der Waals surface area contributed by atoms with Crippen molar-refractivity contribution >= 4 is 53.0 Å². The molecule has 2 N–H and O–H groups in total. The van der Waals surface area contributed by atoms with E-state index in [2.05, 4.69) is 5.32 Å². The second-order valence-electron chi connectivity index (χ2n) is 13.4. The van der Waals surface area contributed by atoms with Gasteiger partial charge >= 0.3 is 18.0 Å². The van der Waals surface area contributed by atoms with Crippen molar-refractivity contribution in [3.63, 3.8) is 0 Å². The maximum absolute atomic E-state index is 14.0. The molecule has 0 heterocycles. The highest BCUT2D eigenvalue weighted by atomic mass is 35.5. The second kappa shape index (κ2) is 11.1. The van der Waals surface area contributed by atoms with Crippen molar-refractivity contribution in [2.45, 2.75) is 103 Å². The molecule has 2 fully saturated rings. The third kappa shape index (κ3) is 7.46. The van der Waals surface area contributed by atoms with Crippen LogP contribution in [0.1, 0.15) is 68.7 Å². The number of alkyl carbamates (subject to hydrolysis) is 1. The number of fused-ring (bicyclic) bond motifs is 1. The van der Waals surface area contributed by atoms with Gasteiger partial charge in [-0.1, -0.05) is 17.7 Å². The number of amides is 1. The maximum atomic E-state index is 14.0. The molecule has 11 heteroatoms. The molecule has 0 aromatic rings. The second-order valence-corrected chi connectivity index (χ2v) is 15.5. The normalized spacial score (nSPS) is 32.4. The third-order valence-electron chi connectivity index (χ3n) is 6.67. The summed E-state index contributed by atoms with van der Waals surface area (Å²) < 4.78 is 17.0. The molecule has 2 saturated carbocycles. The van der Waals surface area contributed by atoms with Crippen molar-refractivity contribution in [2.24, 2.45) is 23.7 Å². The van der Waals surface area contributed by atoms with Crippen molar-refractivity contribution in [1.82, 2.24) is 5.32 Å². The van der Waals surface area contributed by atoms with Gasteiger partial charge in [0, 0.05) is 28.5 Å². The highest BCUT2D eigenvalue weighted by Gasteiger charge is 2.80. The van der Waals surface area contributed by atoms with Gasteiger partial charge in [-0.15, -0.1) is 23.4 Å². The first-order valence-electron chi connectivity index (χ1n) is 13.1. The van der Waals surface area contributed by atoms with Crippen LogP contribution in [-0.4, -0.2) is 62.7 Å². The van der Waals surface area contributed by atoms with E-state index in [4.69, 9.17) is 37.4 Å². The topological polar surface area (TPSA) is 111 Å². The SMILES string of the molecule is CC(C)(C)OC(=O)N[C@@]1(C(=O)OC(C)(C)C)C(CSC2=CC=C(Cl)C(Cl)C2)[C@@H](O)[C@H]2[C@H](C(=O)OC(C)(C)C)[C@H]21. The predicted molar refractivity (Wildman–Crippen MR) is 152 cm³/mol. The van der Waals surface area contributed by atoms with E-state index in [1.54, 1.807) is 68.4 Å². The summed E-state index contributed by atoms with van der Waals surface area (Å²) in [6, 6.07) is 0. The van der Waals surface area contributed by atoms with Crippen LogP contribution in [-0.2, 0) is 23.8 Å². The third-order valence-corrected chi connectivity index (χ3v) is 8.76. The average molecular weight is 607 g/mol. The molecule has 0 saturated heterocycles. The molecule has 0 aromatic carbocycles. The fourth-order valence-electron chi connectivity index (χ4n) is 5.31. The van der Waals surface area contributed by atoms with Crippen molar-refractivity contribution in [3.8, 4) is 0 Å².